The Kier molecular flexibility index (Phi) is 6.03. The lowest BCUT2D eigenvalue weighted by Crippen LogP contribution is -2.51. The Morgan fingerprint density at radius 2 is 1.95 bits per heavy atom. The predicted molar refractivity (Wildman–Crippen MR) is 79.0 cm³/mol. The summed E-state index contributed by atoms with van der Waals surface area (Å²) in [5.41, 5.74) is 7.30. The van der Waals surface area contributed by atoms with Crippen LogP contribution in [0.25, 0.3) is 0 Å². The van der Waals surface area contributed by atoms with E-state index in [1.54, 1.807) is 0 Å². The van der Waals surface area contributed by atoms with Crippen molar-refractivity contribution in [3.8, 4) is 0 Å². The molecule has 1 aromatic rings. The summed E-state index contributed by atoms with van der Waals surface area (Å²) < 4.78 is 0. The molecule has 3 amide bonds. The summed E-state index contributed by atoms with van der Waals surface area (Å²) >= 11 is 0. The number of rotatable bonds is 6. The second-order valence-electron chi connectivity index (χ2n) is 5.02. The van der Waals surface area contributed by atoms with E-state index in [1.165, 1.54) is 0 Å². The monoisotopic (exact) mass is 277 g/mol. The van der Waals surface area contributed by atoms with Crippen LogP contribution < -0.4 is 16.4 Å². The quantitative estimate of drug-likeness (QED) is 0.739. The number of urea groups is 1. The van der Waals surface area contributed by atoms with Crippen LogP contribution in [0.4, 0.5) is 4.79 Å². The van der Waals surface area contributed by atoms with Gasteiger partial charge in [-0.3, -0.25) is 4.79 Å². The summed E-state index contributed by atoms with van der Waals surface area (Å²) in [7, 11) is 0. The molecule has 0 saturated heterocycles. The molecule has 0 unspecified atom stereocenters. The maximum Gasteiger partial charge on any atom is 0.312 e. The minimum atomic E-state index is -0.679. The molecule has 0 aliphatic rings. The molecule has 0 saturated carbocycles. The van der Waals surface area contributed by atoms with Gasteiger partial charge in [0.15, 0.2) is 0 Å². The largest absolute Gasteiger partial charge is 0.352 e. The third kappa shape index (κ3) is 4.57. The van der Waals surface area contributed by atoms with E-state index in [1.807, 2.05) is 45.0 Å². The van der Waals surface area contributed by atoms with Gasteiger partial charge < -0.3 is 16.4 Å². The number of nitrogens with two attached hydrogens (primary N) is 1. The zero-order valence-electron chi connectivity index (χ0n) is 12.3. The molecule has 0 spiro atoms. The van der Waals surface area contributed by atoms with Gasteiger partial charge >= 0.3 is 6.03 Å². The van der Waals surface area contributed by atoms with Gasteiger partial charge in [-0.2, -0.15) is 0 Å². The fraction of sp³-hybridized carbons (Fsp3) is 0.467. The van der Waals surface area contributed by atoms with Crippen LogP contribution in [0.15, 0.2) is 24.3 Å². The molecule has 0 aliphatic heterocycles. The summed E-state index contributed by atoms with van der Waals surface area (Å²) in [4.78, 5) is 23.2. The summed E-state index contributed by atoms with van der Waals surface area (Å²) in [6.07, 6.45) is 0.780. The van der Waals surface area contributed by atoms with Crippen LogP contribution in [0.3, 0.4) is 0 Å². The molecule has 20 heavy (non-hydrogen) atoms. The molecular formula is C15H23N3O2. The number of aryl methyl sites for hydroxylation is 1. The lowest BCUT2D eigenvalue weighted by atomic mass is 9.98. The van der Waals surface area contributed by atoms with Crippen molar-refractivity contribution in [3.05, 3.63) is 35.4 Å². The van der Waals surface area contributed by atoms with E-state index in [0.29, 0.717) is 6.54 Å². The van der Waals surface area contributed by atoms with Crippen molar-refractivity contribution in [2.75, 3.05) is 0 Å². The molecule has 0 bridgehead atoms. The highest BCUT2D eigenvalue weighted by molar-refractivity contribution is 5.86. The summed E-state index contributed by atoms with van der Waals surface area (Å²) in [5.74, 6) is -0.180. The molecule has 0 aliphatic carbocycles. The van der Waals surface area contributed by atoms with E-state index in [2.05, 4.69) is 10.6 Å². The van der Waals surface area contributed by atoms with Crippen LogP contribution in [-0.4, -0.2) is 18.0 Å². The molecule has 2 atom stereocenters. The van der Waals surface area contributed by atoms with Crippen LogP contribution in [-0.2, 0) is 11.3 Å². The number of amides is 3. The number of hydrogen-bond acceptors (Lipinski definition) is 2. The minimum absolute atomic E-state index is 0.0272. The molecule has 0 radical (unpaired) electrons. The first kappa shape index (κ1) is 16.0. The number of carbonyl (C=O) groups excluding carboxylic acids is 2. The van der Waals surface area contributed by atoms with Crippen LogP contribution >= 0.6 is 0 Å². The molecule has 1 rings (SSSR count). The summed E-state index contributed by atoms with van der Waals surface area (Å²) in [5, 5.41) is 5.36. The predicted octanol–water partition coefficient (Wildman–Crippen LogP) is 1.69. The molecule has 4 N–H and O–H groups in total. The van der Waals surface area contributed by atoms with Crippen molar-refractivity contribution in [1.82, 2.24) is 10.6 Å². The highest BCUT2D eigenvalue weighted by Gasteiger charge is 2.24. The van der Waals surface area contributed by atoms with Gasteiger partial charge in [0.1, 0.15) is 6.04 Å². The van der Waals surface area contributed by atoms with Gasteiger partial charge in [0.25, 0.3) is 0 Å². The Morgan fingerprint density at radius 3 is 2.50 bits per heavy atom. The fourth-order valence-corrected chi connectivity index (χ4v) is 1.96. The van der Waals surface area contributed by atoms with Crippen LogP contribution in [0.2, 0.25) is 0 Å². The molecule has 5 heteroatoms. The second kappa shape index (κ2) is 7.53. The minimum Gasteiger partial charge on any atom is -0.352 e. The SMILES string of the molecule is CC[C@H](C)[C@H](NC(N)=O)C(=O)NCc1ccccc1C. The van der Waals surface area contributed by atoms with E-state index in [9.17, 15) is 9.59 Å². The van der Waals surface area contributed by atoms with Crippen molar-refractivity contribution in [2.24, 2.45) is 11.7 Å². The highest BCUT2D eigenvalue weighted by atomic mass is 16.2. The summed E-state index contributed by atoms with van der Waals surface area (Å²) in [6.45, 7) is 6.32. The summed E-state index contributed by atoms with van der Waals surface area (Å²) in [6, 6.07) is 6.58. The second-order valence-corrected chi connectivity index (χ2v) is 5.02. The van der Waals surface area contributed by atoms with Crippen LogP contribution in [0.5, 0.6) is 0 Å². The third-order valence-corrected chi connectivity index (χ3v) is 3.51. The Morgan fingerprint density at radius 1 is 1.30 bits per heavy atom. The average Bonchev–Trinajstić information content (AvgIpc) is 2.42. The van der Waals surface area contributed by atoms with Crippen molar-refractivity contribution in [1.29, 1.82) is 0 Å². The van der Waals surface area contributed by atoms with E-state index in [4.69, 9.17) is 5.73 Å². The van der Waals surface area contributed by atoms with Crippen molar-refractivity contribution < 1.29 is 9.59 Å². The van der Waals surface area contributed by atoms with Crippen molar-refractivity contribution in [2.45, 2.75) is 39.8 Å². The maximum absolute atomic E-state index is 12.2. The Balaban J connectivity index is 2.67. The van der Waals surface area contributed by atoms with Gasteiger partial charge in [-0.25, -0.2) is 4.79 Å². The molecule has 0 fully saturated rings. The van der Waals surface area contributed by atoms with Crippen molar-refractivity contribution in [3.63, 3.8) is 0 Å². The number of carbonyl (C=O) groups is 2. The molecule has 5 nitrogen and oxygen atoms in total. The van der Waals surface area contributed by atoms with Gasteiger partial charge in [0, 0.05) is 6.54 Å². The van der Waals surface area contributed by atoms with Crippen LogP contribution in [0.1, 0.15) is 31.4 Å². The molecule has 1 aromatic carbocycles. The Labute approximate surface area is 119 Å². The first-order valence-electron chi connectivity index (χ1n) is 6.83. The smallest absolute Gasteiger partial charge is 0.312 e. The average molecular weight is 277 g/mol. The topological polar surface area (TPSA) is 84.2 Å². The lowest BCUT2D eigenvalue weighted by Gasteiger charge is -2.22. The number of primary amides is 1. The highest BCUT2D eigenvalue weighted by Crippen LogP contribution is 2.10. The maximum atomic E-state index is 12.2. The Hall–Kier alpha value is -2.04. The molecule has 0 heterocycles. The van der Waals surface area contributed by atoms with Gasteiger partial charge in [-0.05, 0) is 24.0 Å². The van der Waals surface area contributed by atoms with Gasteiger partial charge in [-0.1, -0.05) is 44.5 Å². The van der Waals surface area contributed by atoms with Gasteiger partial charge in [0.05, 0.1) is 0 Å². The molecule has 0 aromatic heterocycles. The first-order valence-corrected chi connectivity index (χ1v) is 6.83. The number of hydrogen-bond donors (Lipinski definition) is 3. The van der Waals surface area contributed by atoms with E-state index >= 15 is 0 Å². The molecule has 110 valence electrons. The first-order chi connectivity index (χ1) is 9.45. The van der Waals surface area contributed by atoms with Crippen LogP contribution in [0, 0.1) is 12.8 Å². The normalized spacial score (nSPS) is 13.3. The van der Waals surface area contributed by atoms with E-state index < -0.39 is 12.1 Å². The van der Waals surface area contributed by atoms with Gasteiger partial charge in [-0.15, -0.1) is 0 Å². The van der Waals surface area contributed by atoms with E-state index in [-0.39, 0.29) is 11.8 Å². The standard InChI is InChI=1S/C15H23N3O2/c1-4-10(2)13(18-15(16)20)14(19)17-9-12-8-6-5-7-11(12)3/h5-8,10,13H,4,9H2,1-3H3,(H,17,19)(H3,16,18,20)/t10-,13-/m0/s1. The number of benzene rings is 1. The van der Waals surface area contributed by atoms with E-state index in [0.717, 1.165) is 17.5 Å². The lowest BCUT2D eigenvalue weighted by molar-refractivity contribution is -0.124. The van der Waals surface area contributed by atoms with Crippen molar-refractivity contribution >= 4 is 11.9 Å². The zero-order valence-corrected chi connectivity index (χ0v) is 12.3. The van der Waals surface area contributed by atoms with Gasteiger partial charge in [0.2, 0.25) is 5.91 Å². The number of nitrogens with one attached hydrogen (secondary N) is 2. The molecular weight excluding hydrogens is 254 g/mol. The fourth-order valence-electron chi connectivity index (χ4n) is 1.96. The third-order valence-electron chi connectivity index (χ3n) is 3.51. The Bertz CT molecular complexity index is 474. The zero-order chi connectivity index (χ0) is 15.1.